The summed E-state index contributed by atoms with van der Waals surface area (Å²) >= 11 is 5.87. The zero-order chi connectivity index (χ0) is 17.1. The summed E-state index contributed by atoms with van der Waals surface area (Å²) in [6, 6.07) is 6.49. The lowest BCUT2D eigenvalue weighted by atomic mass is 10.2. The average Bonchev–Trinajstić information content (AvgIpc) is 3.06. The minimum atomic E-state index is -0.579. The van der Waals surface area contributed by atoms with E-state index < -0.39 is 6.04 Å². The Bertz CT molecular complexity index is 745. The Hall–Kier alpha value is -2.48. The van der Waals surface area contributed by atoms with Gasteiger partial charge in [0.25, 0.3) is 0 Å². The van der Waals surface area contributed by atoms with Gasteiger partial charge in [0.2, 0.25) is 17.6 Å². The Balaban J connectivity index is 1.79. The first-order valence-corrected chi connectivity index (χ1v) is 8.07. The molecule has 9 heteroatoms. The van der Waals surface area contributed by atoms with Crippen molar-refractivity contribution in [3.63, 3.8) is 0 Å². The number of carbonyl (C=O) groups excluding carboxylic acids is 2. The lowest BCUT2D eigenvalue weighted by Gasteiger charge is -2.29. The van der Waals surface area contributed by atoms with Crippen LogP contribution >= 0.6 is 11.6 Å². The molecule has 1 atom stereocenters. The molecule has 0 unspecified atom stereocenters. The predicted octanol–water partition coefficient (Wildman–Crippen LogP) is 0.903. The van der Waals surface area contributed by atoms with E-state index in [2.05, 4.69) is 20.7 Å². The maximum Gasteiger partial charge on any atom is 0.249 e. The molecule has 8 nitrogen and oxygen atoms in total. The SMILES string of the molecule is CC[C@@H](C(=O)N1CCNC(=O)C1)n1nnc(-c2ccc(Cl)cc2)n1. The van der Waals surface area contributed by atoms with Crippen LogP contribution in [0, 0.1) is 0 Å². The van der Waals surface area contributed by atoms with Gasteiger partial charge in [0.05, 0.1) is 6.54 Å². The van der Waals surface area contributed by atoms with Crippen LogP contribution in [0.1, 0.15) is 19.4 Å². The lowest BCUT2D eigenvalue weighted by molar-refractivity contribution is -0.141. The number of benzene rings is 1. The Morgan fingerprint density at radius 3 is 2.79 bits per heavy atom. The Labute approximate surface area is 143 Å². The number of rotatable bonds is 4. The van der Waals surface area contributed by atoms with E-state index in [0.717, 1.165) is 5.56 Å². The first-order valence-electron chi connectivity index (χ1n) is 7.69. The summed E-state index contributed by atoms with van der Waals surface area (Å²) < 4.78 is 0. The summed E-state index contributed by atoms with van der Waals surface area (Å²) in [6.07, 6.45) is 0.507. The van der Waals surface area contributed by atoms with Crippen molar-refractivity contribution >= 4 is 23.4 Å². The highest BCUT2D eigenvalue weighted by Crippen LogP contribution is 2.19. The highest BCUT2D eigenvalue weighted by molar-refractivity contribution is 6.30. The number of hydrogen-bond acceptors (Lipinski definition) is 5. The molecule has 3 rings (SSSR count). The summed E-state index contributed by atoms with van der Waals surface area (Å²) in [5.74, 6) is 0.0968. The number of carbonyl (C=O) groups is 2. The van der Waals surface area contributed by atoms with Crippen molar-refractivity contribution in [2.75, 3.05) is 19.6 Å². The fourth-order valence-electron chi connectivity index (χ4n) is 2.55. The molecule has 1 N–H and O–H groups in total. The molecule has 2 amide bonds. The van der Waals surface area contributed by atoms with E-state index in [9.17, 15) is 9.59 Å². The molecule has 1 aromatic heterocycles. The van der Waals surface area contributed by atoms with Crippen LogP contribution in [0.5, 0.6) is 0 Å². The predicted molar refractivity (Wildman–Crippen MR) is 87.2 cm³/mol. The first-order chi connectivity index (χ1) is 11.6. The molecule has 1 aliphatic heterocycles. The number of piperazine rings is 1. The molecule has 0 spiro atoms. The number of amides is 2. The molecule has 0 saturated carbocycles. The van der Waals surface area contributed by atoms with E-state index >= 15 is 0 Å². The van der Waals surface area contributed by atoms with Crippen molar-refractivity contribution in [2.24, 2.45) is 0 Å². The van der Waals surface area contributed by atoms with Crippen LogP contribution in [0.3, 0.4) is 0 Å². The number of nitrogens with zero attached hydrogens (tertiary/aromatic N) is 5. The number of aromatic nitrogens is 4. The summed E-state index contributed by atoms with van der Waals surface area (Å²) in [6.45, 7) is 2.88. The van der Waals surface area contributed by atoms with Crippen LogP contribution in [0.4, 0.5) is 0 Å². The van der Waals surface area contributed by atoms with Crippen LogP contribution in [0.2, 0.25) is 5.02 Å². The van der Waals surface area contributed by atoms with Gasteiger partial charge in [-0.15, -0.1) is 10.2 Å². The van der Waals surface area contributed by atoms with Crippen LogP contribution in [0.25, 0.3) is 11.4 Å². The second-order valence-corrected chi connectivity index (χ2v) is 5.91. The fraction of sp³-hybridized carbons (Fsp3) is 0.400. The summed E-state index contributed by atoms with van der Waals surface area (Å²) in [5.41, 5.74) is 0.769. The molecule has 126 valence electrons. The average molecular weight is 349 g/mol. The Morgan fingerprint density at radius 2 is 2.12 bits per heavy atom. The van der Waals surface area contributed by atoms with Crippen molar-refractivity contribution < 1.29 is 9.59 Å². The van der Waals surface area contributed by atoms with Gasteiger partial charge in [0.1, 0.15) is 0 Å². The topological polar surface area (TPSA) is 93.0 Å². The molecular weight excluding hydrogens is 332 g/mol. The van der Waals surface area contributed by atoms with E-state index in [1.54, 1.807) is 24.3 Å². The van der Waals surface area contributed by atoms with E-state index in [-0.39, 0.29) is 18.4 Å². The quantitative estimate of drug-likeness (QED) is 0.886. The molecule has 0 bridgehead atoms. The molecule has 2 aromatic rings. The van der Waals surface area contributed by atoms with Crippen molar-refractivity contribution in [1.82, 2.24) is 30.4 Å². The zero-order valence-electron chi connectivity index (χ0n) is 13.1. The van der Waals surface area contributed by atoms with Gasteiger partial charge in [-0.2, -0.15) is 4.80 Å². The van der Waals surface area contributed by atoms with E-state index in [4.69, 9.17) is 11.6 Å². The first kappa shape index (κ1) is 16.4. The second kappa shape index (κ2) is 6.96. The minimum absolute atomic E-state index is 0.0636. The van der Waals surface area contributed by atoms with E-state index in [1.165, 1.54) is 9.70 Å². The van der Waals surface area contributed by atoms with Crippen molar-refractivity contribution in [1.29, 1.82) is 0 Å². The highest BCUT2D eigenvalue weighted by atomic mass is 35.5. The van der Waals surface area contributed by atoms with Gasteiger partial charge in [0.15, 0.2) is 6.04 Å². The lowest BCUT2D eigenvalue weighted by Crippen LogP contribution is -2.51. The summed E-state index contributed by atoms with van der Waals surface area (Å²) in [5, 5.41) is 15.7. The van der Waals surface area contributed by atoms with Gasteiger partial charge in [-0.1, -0.05) is 18.5 Å². The van der Waals surface area contributed by atoms with Gasteiger partial charge in [-0.25, -0.2) is 0 Å². The zero-order valence-corrected chi connectivity index (χ0v) is 13.9. The third-order valence-corrected chi connectivity index (χ3v) is 4.08. The fourth-order valence-corrected chi connectivity index (χ4v) is 2.67. The van der Waals surface area contributed by atoms with E-state index in [1.807, 2.05) is 6.92 Å². The van der Waals surface area contributed by atoms with Crippen LogP contribution in [-0.2, 0) is 9.59 Å². The number of nitrogens with one attached hydrogen (secondary N) is 1. The third kappa shape index (κ3) is 3.38. The second-order valence-electron chi connectivity index (χ2n) is 5.47. The van der Waals surface area contributed by atoms with Crippen LogP contribution in [-0.4, -0.2) is 56.6 Å². The molecule has 1 fully saturated rings. The van der Waals surface area contributed by atoms with Gasteiger partial charge in [0, 0.05) is 23.7 Å². The largest absolute Gasteiger partial charge is 0.353 e. The third-order valence-electron chi connectivity index (χ3n) is 3.83. The molecular formula is C15H17ClN6O2. The summed E-state index contributed by atoms with van der Waals surface area (Å²) in [7, 11) is 0. The number of hydrogen-bond donors (Lipinski definition) is 1. The standard InChI is InChI=1S/C15H17ClN6O2/c1-2-12(15(24)21-8-7-17-13(23)9-21)22-19-14(18-20-22)10-3-5-11(16)6-4-10/h3-6,12H,2,7-9H2,1H3,(H,17,23)/t12-/m0/s1. The molecule has 1 saturated heterocycles. The van der Waals surface area contributed by atoms with Gasteiger partial charge < -0.3 is 10.2 Å². The maximum atomic E-state index is 12.7. The maximum absolute atomic E-state index is 12.7. The molecule has 1 aliphatic rings. The Kier molecular flexibility index (Phi) is 4.75. The number of tetrazole rings is 1. The van der Waals surface area contributed by atoms with E-state index in [0.29, 0.717) is 30.4 Å². The molecule has 1 aromatic carbocycles. The minimum Gasteiger partial charge on any atom is -0.353 e. The van der Waals surface area contributed by atoms with Crippen molar-refractivity contribution in [2.45, 2.75) is 19.4 Å². The normalized spacial score (nSPS) is 15.9. The molecule has 24 heavy (non-hydrogen) atoms. The summed E-state index contributed by atoms with van der Waals surface area (Å²) in [4.78, 5) is 27.0. The van der Waals surface area contributed by atoms with Crippen molar-refractivity contribution in [3.05, 3.63) is 29.3 Å². The van der Waals surface area contributed by atoms with Crippen LogP contribution < -0.4 is 5.32 Å². The molecule has 2 heterocycles. The highest BCUT2D eigenvalue weighted by Gasteiger charge is 2.29. The molecule has 0 radical (unpaired) electrons. The number of halogens is 1. The molecule has 0 aliphatic carbocycles. The van der Waals surface area contributed by atoms with Gasteiger partial charge >= 0.3 is 0 Å². The monoisotopic (exact) mass is 348 g/mol. The van der Waals surface area contributed by atoms with Crippen molar-refractivity contribution in [3.8, 4) is 11.4 Å². The Morgan fingerprint density at radius 1 is 1.38 bits per heavy atom. The smallest absolute Gasteiger partial charge is 0.249 e. The van der Waals surface area contributed by atoms with Gasteiger partial charge in [-0.05, 0) is 35.9 Å². The van der Waals surface area contributed by atoms with Gasteiger partial charge in [-0.3, -0.25) is 9.59 Å². The van der Waals surface area contributed by atoms with Crippen LogP contribution in [0.15, 0.2) is 24.3 Å².